The topological polar surface area (TPSA) is 71.1 Å². The molecule has 0 amide bonds. The minimum atomic E-state index is -0.734. The Morgan fingerprint density at radius 1 is 1.30 bits per heavy atom. The van der Waals surface area contributed by atoms with E-state index >= 15 is 0 Å². The third-order valence-electron chi connectivity index (χ3n) is 3.20. The van der Waals surface area contributed by atoms with Gasteiger partial charge in [0.15, 0.2) is 17.3 Å². The molecule has 2 aliphatic rings. The molecule has 0 N–H and O–H groups in total. The number of rotatable bonds is 2. The standard InChI is InChI=1S/C14H14O6/c1-8(15)19-13-5-3-10(16)14(20-13)9-2-4-11-12(6-9)18-7-17-11/h2,4,6,13-14H,3,5,7H2,1H3. The van der Waals surface area contributed by atoms with Gasteiger partial charge in [-0.05, 0) is 17.7 Å². The number of fused-ring (bicyclic) bond motifs is 1. The first-order valence-electron chi connectivity index (χ1n) is 6.38. The van der Waals surface area contributed by atoms with Gasteiger partial charge in [0.2, 0.25) is 13.1 Å². The number of ketones is 1. The summed E-state index contributed by atoms with van der Waals surface area (Å²) in [4.78, 5) is 23.0. The molecule has 0 aliphatic carbocycles. The molecule has 0 radical (unpaired) electrons. The van der Waals surface area contributed by atoms with Gasteiger partial charge in [-0.15, -0.1) is 0 Å². The van der Waals surface area contributed by atoms with Gasteiger partial charge in [-0.3, -0.25) is 9.59 Å². The molecule has 0 aromatic heterocycles. The average Bonchev–Trinajstić information content (AvgIpc) is 2.87. The van der Waals surface area contributed by atoms with Crippen LogP contribution in [0.3, 0.4) is 0 Å². The summed E-state index contributed by atoms with van der Waals surface area (Å²) < 4.78 is 21.1. The van der Waals surface area contributed by atoms with E-state index < -0.39 is 18.4 Å². The van der Waals surface area contributed by atoms with Crippen molar-refractivity contribution in [3.8, 4) is 11.5 Å². The number of hydrogen-bond donors (Lipinski definition) is 0. The number of ether oxygens (including phenoxy) is 4. The Hall–Kier alpha value is -2.08. The average molecular weight is 278 g/mol. The lowest BCUT2D eigenvalue weighted by Gasteiger charge is -2.28. The number of hydrogen-bond acceptors (Lipinski definition) is 6. The lowest BCUT2D eigenvalue weighted by Crippen LogP contribution is -2.32. The normalized spacial score (nSPS) is 24.6. The van der Waals surface area contributed by atoms with E-state index in [0.29, 0.717) is 29.9 Å². The molecule has 0 bridgehead atoms. The van der Waals surface area contributed by atoms with Gasteiger partial charge in [0.1, 0.15) is 6.10 Å². The molecule has 6 heteroatoms. The van der Waals surface area contributed by atoms with Crippen molar-refractivity contribution >= 4 is 11.8 Å². The highest BCUT2D eigenvalue weighted by Crippen LogP contribution is 2.37. The molecule has 6 nitrogen and oxygen atoms in total. The van der Waals surface area contributed by atoms with Crippen LogP contribution in [-0.2, 0) is 19.1 Å². The van der Waals surface area contributed by atoms with E-state index in [2.05, 4.69) is 0 Å². The summed E-state index contributed by atoms with van der Waals surface area (Å²) in [6.07, 6.45) is -0.709. The second kappa shape index (κ2) is 5.13. The summed E-state index contributed by atoms with van der Waals surface area (Å²) in [5.41, 5.74) is 0.677. The Bertz CT molecular complexity index is 553. The van der Waals surface area contributed by atoms with Crippen molar-refractivity contribution < 1.29 is 28.5 Å². The molecule has 3 rings (SSSR count). The molecule has 0 saturated carbocycles. The maximum absolute atomic E-state index is 12.0. The summed E-state index contributed by atoms with van der Waals surface area (Å²) in [5.74, 6) is 0.781. The van der Waals surface area contributed by atoms with Crippen molar-refractivity contribution in [3.63, 3.8) is 0 Å². The summed E-state index contributed by atoms with van der Waals surface area (Å²) in [6.45, 7) is 1.49. The maximum Gasteiger partial charge on any atom is 0.304 e. The lowest BCUT2D eigenvalue weighted by molar-refractivity contribution is -0.202. The van der Waals surface area contributed by atoms with Gasteiger partial charge in [0.05, 0.1) is 0 Å². The third kappa shape index (κ3) is 2.46. The highest BCUT2D eigenvalue weighted by molar-refractivity contribution is 5.85. The minimum Gasteiger partial charge on any atom is -0.454 e. The number of esters is 1. The molecular weight excluding hydrogens is 264 g/mol. The second-order valence-electron chi connectivity index (χ2n) is 4.67. The zero-order valence-electron chi connectivity index (χ0n) is 11.0. The van der Waals surface area contributed by atoms with E-state index in [4.69, 9.17) is 18.9 Å². The first-order valence-corrected chi connectivity index (χ1v) is 6.38. The SMILES string of the molecule is CC(=O)OC1CCC(=O)C(c2ccc3c(c2)OCO3)O1. The van der Waals surface area contributed by atoms with Crippen LogP contribution in [0.1, 0.15) is 31.4 Å². The lowest BCUT2D eigenvalue weighted by atomic mass is 9.99. The zero-order valence-corrected chi connectivity index (χ0v) is 11.0. The smallest absolute Gasteiger partial charge is 0.304 e. The number of carbonyl (C=O) groups excluding carboxylic acids is 2. The number of Topliss-reactive ketones (excluding diaryl/α,β-unsaturated/α-hetero) is 1. The van der Waals surface area contributed by atoms with E-state index in [0.717, 1.165) is 0 Å². The van der Waals surface area contributed by atoms with Gasteiger partial charge in [0, 0.05) is 19.8 Å². The molecule has 0 spiro atoms. The van der Waals surface area contributed by atoms with Crippen LogP contribution in [0.2, 0.25) is 0 Å². The van der Waals surface area contributed by atoms with Crippen LogP contribution in [0.4, 0.5) is 0 Å². The van der Waals surface area contributed by atoms with Crippen molar-refractivity contribution in [2.24, 2.45) is 0 Å². The summed E-state index contributed by atoms with van der Waals surface area (Å²) in [6, 6.07) is 5.22. The van der Waals surface area contributed by atoms with Gasteiger partial charge >= 0.3 is 5.97 Å². The quantitative estimate of drug-likeness (QED) is 0.767. The Kier molecular flexibility index (Phi) is 3.31. The van der Waals surface area contributed by atoms with E-state index in [1.165, 1.54) is 6.92 Å². The highest BCUT2D eigenvalue weighted by atomic mass is 16.7. The first-order chi connectivity index (χ1) is 9.63. The van der Waals surface area contributed by atoms with E-state index in [1.807, 2.05) is 0 Å². The van der Waals surface area contributed by atoms with Crippen LogP contribution in [0.5, 0.6) is 11.5 Å². The Balaban J connectivity index is 1.80. The minimum absolute atomic E-state index is 0.0349. The Morgan fingerprint density at radius 3 is 2.90 bits per heavy atom. The van der Waals surface area contributed by atoms with Crippen molar-refractivity contribution in [1.29, 1.82) is 0 Å². The van der Waals surface area contributed by atoms with Gasteiger partial charge in [0.25, 0.3) is 0 Å². The number of benzene rings is 1. The molecule has 2 unspecified atom stereocenters. The van der Waals surface area contributed by atoms with Gasteiger partial charge in [-0.1, -0.05) is 6.07 Å². The van der Waals surface area contributed by atoms with Crippen LogP contribution in [0.25, 0.3) is 0 Å². The van der Waals surface area contributed by atoms with Gasteiger partial charge in [-0.2, -0.15) is 0 Å². The summed E-state index contributed by atoms with van der Waals surface area (Å²) in [7, 11) is 0. The highest BCUT2D eigenvalue weighted by Gasteiger charge is 2.33. The summed E-state index contributed by atoms with van der Waals surface area (Å²) in [5, 5.41) is 0. The van der Waals surface area contributed by atoms with Crippen molar-refractivity contribution in [2.75, 3.05) is 6.79 Å². The monoisotopic (exact) mass is 278 g/mol. The van der Waals surface area contributed by atoms with Gasteiger partial charge in [-0.25, -0.2) is 0 Å². The van der Waals surface area contributed by atoms with Crippen molar-refractivity contribution in [3.05, 3.63) is 23.8 Å². The fraction of sp³-hybridized carbons (Fsp3) is 0.429. The second-order valence-corrected chi connectivity index (χ2v) is 4.67. The van der Waals surface area contributed by atoms with E-state index in [-0.39, 0.29) is 12.6 Å². The van der Waals surface area contributed by atoms with Crippen LogP contribution < -0.4 is 9.47 Å². The molecule has 1 saturated heterocycles. The predicted octanol–water partition coefficient (Wildman–Crippen LogP) is 1.73. The molecule has 2 aliphatic heterocycles. The molecule has 1 aromatic carbocycles. The fourth-order valence-corrected chi connectivity index (χ4v) is 2.30. The van der Waals surface area contributed by atoms with E-state index in [1.54, 1.807) is 18.2 Å². The molecule has 1 fully saturated rings. The first kappa shape index (κ1) is 12.9. The Morgan fingerprint density at radius 2 is 2.10 bits per heavy atom. The largest absolute Gasteiger partial charge is 0.454 e. The number of carbonyl (C=O) groups is 2. The molecule has 1 aromatic rings. The molecule has 2 heterocycles. The summed E-state index contributed by atoms with van der Waals surface area (Å²) >= 11 is 0. The van der Waals surface area contributed by atoms with E-state index in [9.17, 15) is 9.59 Å². The molecule has 2 atom stereocenters. The van der Waals surface area contributed by atoms with Crippen molar-refractivity contribution in [1.82, 2.24) is 0 Å². The molecule has 20 heavy (non-hydrogen) atoms. The fourth-order valence-electron chi connectivity index (χ4n) is 2.30. The predicted molar refractivity (Wildman–Crippen MR) is 66.2 cm³/mol. The zero-order chi connectivity index (χ0) is 14.1. The molecule has 106 valence electrons. The van der Waals surface area contributed by atoms with Crippen LogP contribution in [-0.4, -0.2) is 24.8 Å². The molecular formula is C14H14O6. The van der Waals surface area contributed by atoms with Crippen LogP contribution >= 0.6 is 0 Å². The van der Waals surface area contributed by atoms with Crippen molar-refractivity contribution in [2.45, 2.75) is 32.2 Å². The van der Waals surface area contributed by atoms with Gasteiger partial charge < -0.3 is 18.9 Å². The third-order valence-corrected chi connectivity index (χ3v) is 3.20. The Labute approximate surface area is 115 Å². The van der Waals surface area contributed by atoms with Crippen LogP contribution in [0.15, 0.2) is 18.2 Å². The van der Waals surface area contributed by atoms with Crippen LogP contribution in [0, 0.1) is 0 Å². The maximum atomic E-state index is 12.0.